The van der Waals surface area contributed by atoms with E-state index in [4.69, 9.17) is 4.74 Å². The summed E-state index contributed by atoms with van der Waals surface area (Å²) < 4.78 is 43.7. The smallest absolute Gasteiger partial charge is 0.389 e. The van der Waals surface area contributed by atoms with Crippen LogP contribution in [0.15, 0.2) is 24.3 Å². The molecule has 0 spiro atoms. The second-order valence-electron chi connectivity index (χ2n) is 4.74. The lowest BCUT2D eigenvalue weighted by atomic mass is 10.1. The molecule has 1 aromatic rings. The van der Waals surface area contributed by atoms with Gasteiger partial charge in [-0.25, -0.2) is 0 Å². The van der Waals surface area contributed by atoms with E-state index in [2.05, 4.69) is 0 Å². The summed E-state index contributed by atoms with van der Waals surface area (Å²) in [5.41, 5.74) is -0.424. The van der Waals surface area contributed by atoms with E-state index in [1.54, 1.807) is 18.0 Å². The van der Waals surface area contributed by atoms with E-state index >= 15 is 0 Å². The van der Waals surface area contributed by atoms with Crippen LogP contribution >= 0.6 is 0 Å². The molecule has 0 radical (unpaired) electrons. The zero-order valence-corrected chi connectivity index (χ0v) is 10.5. The van der Waals surface area contributed by atoms with Crippen LogP contribution in [0, 0.1) is 0 Å². The molecule has 1 aliphatic heterocycles. The Morgan fingerprint density at radius 3 is 2.58 bits per heavy atom. The first-order valence-corrected chi connectivity index (χ1v) is 6.00. The maximum Gasteiger partial charge on any atom is 0.416 e. The van der Waals surface area contributed by atoms with Crippen molar-refractivity contribution in [2.75, 3.05) is 20.3 Å². The molecule has 1 N–H and O–H groups in total. The Kier molecular flexibility index (Phi) is 4.13. The van der Waals surface area contributed by atoms with E-state index in [-0.39, 0.29) is 24.8 Å². The standard InChI is InChI=1S/C13H16F3NO2/c1-17(11-7-19-8-12(11)18)6-9-4-2-3-5-10(9)13(14,15)16/h2-5,11-12,18H,6-8H2,1H3/t11-,12-/m1/s1. The van der Waals surface area contributed by atoms with Crippen LogP contribution in [0.1, 0.15) is 11.1 Å². The summed E-state index contributed by atoms with van der Waals surface area (Å²) in [6.07, 6.45) is -5.01. The van der Waals surface area contributed by atoms with Gasteiger partial charge >= 0.3 is 6.18 Å². The number of aliphatic hydroxyl groups is 1. The molecule has 1 saturated heterocycles. The van der Waals surface area contributed by atoms with Crippen LogP contribution in [0.2, 0.25) is 0 Å². The predicted octanol–water partition coefficient (Wildman–Crippen LogP) is 1.90. The van der Waals surface area contributed by atoms with Crippen LogP contribution in [0.4, 0.5) is 13.2 Å². The molecule has 1 aromatic carbocycles. The molecule has 1 aliphatic rings. The predicted molar refractivity (Wildman–Crippen MR) is 63.5 cm³/mol. The fraction of sp³-hybridized carbons (Fsp3) is 0.538. The summed E-state index contributed by atoms with van der Waals surface area (Å²) in [4.78, 5) is 1.70. The molecule has 0 saturated carbocycles. The molecule has 0 aromatic heterocycles. The van der Waals surface area contributed by atoms with Gasteiger partial charge in [-0.15, -0.1) is 0 Å². The minimum absolute atomic E-state index is 0.126. The van der Waals surface area contributed by atoms with Crippen molar-refractivity contribution < 1.29 is 23.0 Å². The number of nitrogens with zero attached hydrogens (tertiary/aromatic N) is 1. The number of rotatable bonds is 3. The van der Waals surface area contributed by atoms with Gasteiger partial charge in [0.1, 0.15) is 0 Å². The third kappa shape index (κ3) is 3.26. The van der Waals surface area contributed by atoms with Gasteiger partial charge in [-0.3, -0.25) is 4.90 Å². The van der Waals surface area contributed by atoms with E-state index in [1.165, 1.54) is 12.1 Å². The lowest BCUT2D eigenvalue weighted by Gasteiger charge is -2.26. The van der Waals surface area contributed by atoms with E-state index in [1.807, 2.05) is 0 Å². The van der Waals surface area contributed by atoms with Crippen LogP contribution in [0.25, 0.3) is 0 Å². The monoisotopic (exact) mass is 275 g/mol. The van der Waals surface area contributed by atoms with Crippen molar-refractivity contribution >= 4 is 0 Å². The summed E-state index contributed by atoms with van der Waals surface area (Å²) in [6.45, 7) is 0.697. The lowest BCUT2D eigenvalue weighted by molar-refractivity contribution is -0.138. The van der Waals surface area contributed by atoms with E-state index < -0.39 is 17.8 Å². The highest BCUT2D eigenvalue weighted by atomic mass is 19.4. The third-order valence-electron chi connectivity index (χ3n) is 3.33. The summed E-state index contributed by atoms with van der Waals surface area (Å²) in [5.74, 6) is 0. The Morgan fingerprint density at radius 1 is 1.32 bits per heavy atom. The summed E-state index contributed by atoms with van der Waals surface area (Å²) in [5, 5.41) is 9.68. The number of hydrogen-bond acceptors (Lipinski definition) is 3. The number of alkyl halides is 3. The second kappa shape index (κ2) is 5.48. The molecule has 0 aliphatic carbocycles. The van der Waals surface area contributed by atoms with Crippen LogP contribution in [-0.4, -0.2) is 42.4 Å². The van der Waals surface area contributed by atoms with E-state index in [9.17, 15) is 18.3 Å². The van der Waals surface area contributed by atoms with Crippen LogP contribution in [0.3, 0.4) is 0 Å². The molecule has 1 heterocycles. The van der Waals surface area contributed by atoms with Gasteiger partial charge in [0.05, 0.1) is 30.9 Å². The van der Waals surface area contributed by atoms with Crippen molar-refractivity contribution in [3.8, 4) is 0 Å². The second-order valence-corrected chi connectivity index (χ2v) is 4.74. The van der Waals surface area contributed by atoms with Crippen molar-refractivity contribution in [3.63, 3.8) is 0 Å². The maximum atomic E-state index is 12.9. The number of aliphatic hydroxyl groups excluding tert-OH is 1. The molecule has 0 unspecified atom stereocenters. The molecule has 106 valence electrons. The minimum Gasteiger partial charge on any atom is -0.389 e. The van der Waals surface area contributed by atoms with Gasteiger partial charge in [0, 0.05) is 6.54 Å². The highest BCUT2D eigenvalue weighted by Crippen LogP contribution is 2.32. The van der Waals surface area contributed by atoms with Crippen LogP contribution < -0.4 is 0 Å². The van der Waals surface area contributed by atoms with Crippen LogP contribution in [0.5, 0.6) is 0 Å². The quantitative estimate of drug-likeness (QED) is 0.914. The first kappa shape index (κ1) is 14.3. The zero-order chi connectivity index (χ0) is 14.0. The molecule has 3 nitrogen and oxygen atoms in total. The molecule has 0 bridgehead atoms. The molecule has 1 fully saturated rings. The fourth-order valence-electron chi connectivity index (χ4n) is 2.27. The Labute approximate surface area is 109 Å². The number of halogens is 3. The number of hydrogen-bond donors (Lipinski definition) is 1. The fourth-order valence-corrected chi connectivity index (χ4v) is 2.27. The molecule has 19 heavy (non-hydrogen) atoms. The molecular weight excluding hydrogens is 259 g/mol. The first-order chi connectivity index (χ1) is 8.89. The number of ether oxygens (including phenoxy) is 1. The summed E-state index contributed by atoms with van der Waals surface area (Å²) in [7, 11) is 1.69. The Bertz CT molecular complexity index is 436. The van der Waals surface area contributed by atoms with Crippen molar-refractivity contribution in [1.82, 2.24) is 4.90 Å². The maximum absolute atomic E-state index is 12.9. The highest BCUT2D eigenvalue weighted by molar-refractivity contribution is 5.29. The van der Waals surface area contributed by atoms with Gasteiger partial charge in [-0.1, -0.05) is 18.2 Å². The Hall–Kier alpha value is -1.11. The van der Waals surface area contributed by atoms with Gasteiger partial charge in [-0.05, 0) is 18.7 Å². The summed E-state index contributed by atoms with van der Waals surface area (Å²) >= 11 is 0. The van der Waals surface area contributed by atoms with E-state index in [0.717, 1.165) is 6.07 Å². The average Bonchev–Trinajstić information content (AvgIpc) is 2.75. The molecular formula is C13H16F3NO2. The topological polar surface area (TPSA) is 32.7 Å². The lowest BCUT2D eigenvalue weighted by Crippen LogP contribution is -2.40. The van der Waals surface area contributed by atoms with Gasteiger partial charge < -0.3 is 9.84 Å². The SMILES string of the molecule is CN(Cc1ccccc1C(F)(F)F)[C@@H]1COC[C@H]1O. The number of benzene rings is 1. The van der Waals surface area contributed by atoms with Crippen molar-refractivity contribution in [1.29, 1.82) is 0 Å². The molecule has 6 heteroatoms. The summed E-state index contributed by atoms with van der Waals surface area (Å²) in [6, 6.07) is 5.23. The normalized spacial score (nSPS) is 24.1. The van der Waals surface area contributed by atoms with Gasteiger partial charge in [0.15, 0.2) is 0 Å². The van der Waals surface area contributed by atoms with E-state index in [0.29, 0.717) is 6.61 Å². The molecule has 2 rings (SSSR count). The van der Waals surface area contributed by atoms with Gasteiger partial charge in [-0.2, -0.15) is 13.2 Å². The van der Waals surface area contributed by atoms with Crippen molar-refractivity contribution in [3.05, 3.63) is 35.4 Å². The van der Waals surface area contributed by atoms with Crippen LogP contribution in [-0.2, 0) is 17.5 Å². The van der Waals surface area contributed by atoms with Gasteiger partial charge in [0.25, 0.3) is 0 Å². The Morgan fingerprint density at radius 2 is 2.00 bits per heavy atom. The third-order valence-corrected chi connectivity index (χ3v) is 3.33. The molecule has 2 atom stereocenters. The average molecular weight is 275 g/mol. The Balaban J connectivity index is 2.15. The highest BCUT2D eigenvalue weighted by Gasteiger charge is 2.35. The van der Waals surface area contributed by atoms with Crippen molar-refractivity contribution in [2.45, 2.75) is 24.9 Å². The number of likely N-dealkylation sites (N-methyl/N-ethyl adjacent to an activating group) is 1. The van der Waals surface area contributed by atoms with Gasteiger partial charge in [0.2, 0.25) is 0 Å². The first-order valence-electron chi connectivity index (χ1n) is 6.00. The van der Waals surface area contributed by atoms with Crippen molar-refractivity contribution in [2.24, 2.45) is 0 Å². The largest absolute Gasteiger partial charge is 0.416 e. The molecule has 0 amide bonds. The zero-order valence-electron chi connectivity index (χ0n) is 10.5. The minimum atomic E-state index is -4.36.